The van der Waals surface area contributed by atoms with E-state index in [1.165, 1.54) is 10.8 Å². The van der Waals surface area contributed by atoms with E-state index >= 15 is 0 Å². The number of aromatic amines is 1. The minimum absolute atomic E-state index is 0.0172. The van der Waals surface area contributed by atoms with Gasteiger partial charge in [-0.15, -0.1) is 0 Å². The van der Waals surface area contributed by atoms with Gasteiger partial charge in [-0.05, 0) is 12.8 Å². The molecule has 0 atom stereocenters. The van der Waals surface area contributed by atoms with Crippen molar-refractivity contribution < 1.29 is 16.8 Å². The number of hydrogen-bond acceptors (Lipinski definition) is 6. The highest BCUT2D eigenvalue weighted by Gasteiger charge is 2.24. The first-order valence-corrected chi connectivity index (χ1v) is 13.7. The van der Waals surface area contributed by atoms with Crippen LogP contribution in [0.25, 0.3) is 22.5 Å². The zero-order valence-electron chi connectivity index (χ0n) is 18.0. The molecule has 0 saturated carbocycles. The standard InChI is InChI=1S/C23H24N4O4S2/c1-27-15-14-24-23(27)33(30,31)17-9-8-16-32(28,29)22-25-20(18-10-4-2-5-11-18)21(26-22)19-12-6-3-7-13-19/h2-7,10-15H,8-9,16-17H2,1H3,(H,25,26). The molecular formula is C23H24N4O4S2. The van der Waals surface area contributed by atoms with E-state index in [-0.39, 0.29) is 34.7 Å². The van der Waals surface area contributed by atoms with Crippen LogP contribution in [0.3, 0.4) is 0 Å². The highest BCUT2D eigenvalue weighted by Crippen LogP contribution is 2.31. The second kappa shape index (κ2) is 9.32. The largest absolute Gasteiger partial charge is 0.328 e. The Kier molecular flexibility index (Phi) is 6.48. The lowest BCUT2D eigenvalue weighted by molar-refractivity contribution is 0.572. The SMILES string of the molecule is Cn1ccnc1S(=O)(=O)CCCCS(=O)(=O)c1nc(-c2ccccc2)c(-c2ccccc2)[nH]1. The number of aryl methyl sites for hydroxylation is 1. The lowest BCUT2D eigenvalue weighted by Gasteiger charge is -2.04. The van der Waals surface area contributed by atoms with Crippen LogP contribution in [0, 0.1) is 0 Å². The lowest BCUT2D eigenvalue weighted by Crippen LogP contribution is -2.14. The number of sulfone groups is 2. The predicted octanol–water partition coefficient (Wildman–Crippen LogP) is 3.51. The molecule has 0 aliphatic heterocycles. The summed E-state index contributed by atoms with van der Waals surface area (Å²) < 4.78 is 52.3. The molecule has 8 nitrogen and oxygen atoms in total. The lowest BCUT2D eigenvalue weighted by atomic mass is 10.1. The van der Waals surface area contributed by atoms with Crippen molar-refractivity contribution in [3.8, 4) is 22.5 Å². The average molecular weight is 485 g/mol. The Morgan fingerprint density at radius 2 is 1.39 bits per heavy atom. The number of rotatable bonds is 9. The summed E-state index contributed by atoms with van der Waals surface area (Å²) >= 11 is 0. The second-order valence-corrected chi connectivity index (χ2v) is 11.7. The minimum atomic E-state index is -3.74. The molecule has 0 bridgehead atoms. The van der Waals surface area contributed by atoms with E-state index in [2.05, 4.69) is 15.0 Å². The van der Waals surface area contributed by atoms with Gasteiger partial charge in [0.25, 0.3) is 0 Å². The molecule has 2 aromatic heterocycles. The van der Waals surface area contributed by atoms with Gasteiger partial charge < -0.3 is 9.55 Å². The summed E-state index contributed by atoms with van der Waals surface area (Å²) in [5, 5.41) is -0.136. The van der Waals surface area contributed by atoms with E-state index in [9.17, 15) is 16.8 Å². The number of benzene rings is 2. The van der Waals surface area contributed by atoms with Crippen molar-refractivity contribution in [2.75, 3.05) is 11.5 Å². The number of unbranched alkanes of at least 4 members (excludes halogenated alkanes) is 1. The van der Waals surface area contributed by atoms with Crippen LogP contribution in [0.5, 0.6) is 0 Å². The van der Waals surface area contributed by atoms with Crippen molar-refractivity contribution in [2.24, 2.45) is 7.05 Å². The van der Waals surface area contributed by atoms with E-state index < -0.39 is 19.7 Å². The van der Waals surface area contributed by atoms with Gasteiger partial charge in [0.15, 0.2) is 0 Å². The minimum Gasteiger partial charge on any atom is -0.328 e. The van der Waals surface area contributed by atoms with Gasteiger partial charge in [-0.25, -0.2) is 26.8 Å². The third kappa shape index (κ3) is 5.07. The number of imidazole rings is 2. The predicted molar refractivity (Wildman–Crippen MR) is 126 cm³/mol. The van der Waals surface area contributed by atoms with Gasteiger partial charge in [-0.3, -0.25) is 0 Å². The molecule has 1 N–H and O–H groups in total. The molecule has 0 amide bonds. The third-order valence-electron chi connectivity index (χ3n) is 5.22. The summed E-state index contributed by atoms with van der Waals surface area (Å²) in [6.45, 7) is 0. The van der Waals surface area contributed by atoms with Gasteiger partial charge in [0.1, 0.15) is 0 Å². The smallest absolute Gasteiger partial charge is 0.227 e. The molecule has 0 aliphatic carbocycles. The van der Waals surface area contributed by atoms with Crippen LogP contribution in [0.15, 0.2) is 83.4 Å². The molecule has 0 fully saturated rings. The van der Waals surface area contributed by atoms with Crippen molar-refractivity contribution in [2.45, 2.75) is 23.2 Å². The van der Waals surface area contributed by atoms with E-state index in [1.54, 1.807) is 13.2 Å². The molecule has 10 heteroatoms. The Morgan fingerprint density at radius 1 is 0.818 bits per heavy atom. The van der Waals surface area contributed by atoms with Crippen LogP contribution < -0.4 is 0 Å². The van der Waals surface area contributed by atoms with Gasteiger partial charge in [-0.1, -0.05) is 60.7 Å². The van der Waals surface area contributed by atoms with Gasteiger partial charge in [0.2, 0.25) is 30.0 Å². The van der Waals surface area contributed by atoms with E-state index in [4.69, 9.17) is 0 Å². The van der Waals surface area contributed by atoms with Gasteiger partial charge >= 0.3 is 0 Å². The van der Waals surface area contributed by atoms with Crippen LogP contribution in [-0.2, 0) is 26.7 Å². The molecule has 33 heavy (non-hydrogen) atoms. The summed E-state index contributed by atoms with van der Waals surface area (Å²) in [4.78, 5) is 11.3. The Bertz CT molecular complexity index is 1390. The fourth-order valence-corrected chi connectivity index (χ4v) is 6.29. The van der Waals surface area contributed by atoms with Crippen molar-refractivity contribution in [1.29, 1.82) is 0 Å². The van der Waals surface area contributed by atoms with E-state index in [0.29, 0.717) is 11.4 Å². The maximum absolute atomic E-state index is 13.0. The molecule has 4 rings (SSSR count). The fraction of sp³-hybridized carbons (Fsp3) is 0.217. The van der Waals surface area contributed by atoms with Crippen molar-refractivity contribution in [3.05, 3.63) is 73.1 Å². The highest BCUT2D eigenvalue weighted by atomic mass is 32.2. The molecule has 0 radical (unpaired) electrons. The average Bonchev–Trinajstić information content (AvgIpc) is 3.46. The molecule has 172 valence electrons. The first kappa shape index (κ1) is 22.9. The van der Waals surface area contributed by atoms with Crippen LogP contribution in [0.4, 0.5) is 0 Å². The number of aromatic nitrogens is 4. The third-order valence-corrected chi connectivity index (χ3v) is 8.60. The molecule has 0 spiro atoms. The molecule has 2 aromatic carbocycles. The van der Waals surface area contributed by atoms with E-state index in [0.717, 1.165) is 11.1 Å². The molecule has 2 heterocycles. The molecular weight excluding hydrogens is 460 g/mol. The highest BCUT2D eigenvalue weighted by molar-refractivity contribution is 7.91. The molecule has 0 aliphatic rings. The maximum atomic E-state index is 13.0. The summed E-state index contributed by atoms with van der Waals surface area (Å²) in [7, 11) is -5.70. The maximum Gasteiger partial charge on any atom is 0.227 e. The second-order valence-electron chi connectivity index (χ2n) is 7.66. The molecule has 0 saturated heterocycles. The number of hydrogen-bond donors (Lipinski definition) is 1. The number of H-pyrrole nitrogens is 1. The fourth-order valence-electron chi connectivity index (χ4n) is 3.54. The Hall–Kier alpha value is -3.24. The number of nitrogens with zero attached hydrogens (tertiary/aromatic N) is 3. The van der Waals surface area contributed by atoms with Gasteiger partial charge in [-0.2, -0.15) is 0 Å². The van der Waals surface area contributed by atoms with Crippen molar-refractivity contribution >= 4 is 19.7 Å². The summed E-state index contributed by atoms with van der Waals surface area (Å²) in [6, 6.07) is 18.8. The quantitative estimate of drug-likeness (QED) is 0.364. The Morgan fingerprint density at radius 3 is 1.97 bits per heavy atom. The normalized spacial score (nSPS) is 12.2. The van der Waals surface area contributed by atoms with E-state index in [1.807, 2.05) is 60.7 Å². The topological polar surface area (TPSA) is 115 Å². The summed E-state index contributed by atoms with van der Waals surface area (Å²) in [5.41, 5.74) is 2.80. The summed E-state index contributed by atoms with van der Waals surface area (Å²) in [6.07, 6.45) is 3.37. The zero-order chi connectivity index (χ0) is 23.5. The van der Waals surface area contributed by atoms with Gasteiger partial charge in [0, 0.05) is 30.6 Å². The van der Waals surface area contributed by atoms with Gasteiger partial charge in [0.05, 0.1) is 22.9 Å². The first-order valence-electron chi connectivity index (χ1n) is 10.4. The van der Waals surface area contributed by atoms with Crippen LogP contribution in [0.2, 0.25) is 0 Å². The zero-order valence-corrected chi connectivity index (χ0v) is 19.7. The molecule has 0 unspecified atom stereocenters. The summed E-state index contributed by atoms with van der Waals surface area (Å²) in [5.74, 6) is -0.380. The van der Waals surface area contributed by atoms with Crippen LogP contribution in [-0.4, -0.2) is 47.9 Å². The first-order chi connectivity index (χ1) is 15.8. The van der Waals surface area contributed by atoms with Crippen LogP contribution >= 0.6 is 0 Å². The monoisotopic (exact) mass is 484 g/mol. The Balaban J connectivity index is 1.53. The molecule has 4 aromatic rings. The van der Waals surface area contributed by atoms with Crippen molar-refractivity contribution in [3.63, 3.8) is 0 Å². The van der Waals surface area contributed by atoms with Crippen molar-refractivity contribution in [1.82, 2.24) is 19.5 Å². The Labute approximate surface area is 193 Å². The number of nitrogens with one attached hydrogen (secondary N) is 1. The van der Waals surface area contributed by atoms with Crippen LogP contribution in [0.1, 0.15) is 12.8 Å².